The second-order valence-corrected chi connectivity index (χ2v) is 5.19. The number of nitrogens with zero attached hydrogens (tertiary/aromatic N) is 1. The van der Waals surface area contributed by atoms with Gasteiger partial charge in [0.1, 0.15) is 0 Å². The molecule has 0 aliphatic carbocycles. The van der Waals surface area contributed by atoms with Gasteiger partial charge in [-0.15, -0.1) is 0 Å². The minimum Gasteiger partial charge on any atom is -0.384 e. The van der Waals surface area contributed by atoms with Gasteiger partial charge in [-0.3, -0.25) is 0 Å². The van der Waals surface area contributed by atoms with Crippen LogP contribution >= 0.6 is 0 Å². The molecule has 0 heterocycles. The van der Waals surface area contributed by atoms with E-state index in [-0.39, 0.29) is 5.41 Å². The van der Waals surface area contributed by atoms with Crippen molar-refractivity contribution < 1.29 is 0 Å². The zero-order chi connectivity index (χ0) is 12.2. The number of rotatable bonds is 4. The zero-order valence-electron chi connectivity index (χ0n) is 10.5. The lowest BCUT2D eigenvalue weighted by Crippen LogP contribution is -2.28. The van der Waals surface area contributed by atoms with Crippen LogP contribution in [0.1, 0.15) is 33.3 Å². The standard InChI is InChI=1S/C14H20N2/c1-11(2)14(3,4)10-16-13-7-5-6-12(8-13)9-15/h5-8,11,16H,10H2,1-4H3. The van der Waals surface area contributed by atoms with Crippen molar-refractivity contribution in [1.82, 2.24) is 0 Å². The quantitative estimate of drug-likeness (QED) is 0.833. The first-order chi connectivity index (χ1) is 7.45. The van der Waals surface area contributed by atoms with E-state index in [0.29, 0.717) is 11.5 Å². The normalized spacial score (nSPS) is 11.2. The first kappa shape index (κ1) is 12.6. The van der Waals surface area contributed by atoms with E-state index < -0.39 is 0 Å². The fraction of sp³-hybridized carbons (Fsp3) is 0.500. The van der Waals surface area contributed by atoms with Gasteiger partial charge in [0.25, 0.3) is 0 Å². The smallest absolute Gasteiger partial charge is 0.0992 e. The topological polar surface area (TPSA) is 35.8 Å². The average molecular weight is 216 g/mol. The Labute approximate surface area is 98.3 Å². The predicted octanol–water partition coefficient (Wildman–Crippen LogP) is 3.65. The third-order valence-corrected chi connectivity index (χ3v) is 3.30. The summed E-state index contributed by atoms with van der Waals surface area (Å²) in [4.78, 5) is 0. The van der Waals surface area contributed by atoms with Gasteiger partial charge in [-0.05, 0) is 29.5 Å². The molecule has 0 radical (unpaired) electrons. The Morgan fingerprint density at radius 3 is 2.62 bits per heavy atom. The van der Waals surface area contributed by atoms with Crippen molar-refractivity contribution in [3.8, 4) is 6.07 Å². The predicted molar refractivity (Wildman–Crippen MR) is 68.3 cm³/mol. The van der Waals surface area contributed by atoms with E-state index in [1.807, 2.05) is 24.3 Å². The monoisotopic (exact) mass is 216 g/mol. The van der Waals surface area contributed by atoms with E-state index in [1.165, 1.54) is 0 Å². The number of benzene rings is 1. The summed E-state index contributed by atoms with van der Waals surface area (Å²) in [6, 6.07) is 9.75. The summed E-state index contributed by atoms with van der Waals surface area (Å²) < 4.78 is 0. The summed E-state index contributed by atoms with van der Waals surface area (Å²) in [5.41, 5.74) is 1.97. The molecule has 0 aliphatic rings. The molecule has 0 saturated carbocycles. The number of nitriles is 1. The molecule has 0 unspecified atom stereocenters. The van der Waals surface area contributed by atoms with Crippen LogP contribution in [0.2, 0.25) is 0 Å². The summed E-state index contributed by atoms with van der Waals surface area (Å²) in [6.07, 6.45) is 0. The average Bonchev–Trinajstić information content (AvgIpc) is 2.26. The molecule has 86 valence electrons. The minimum absolute atomic E-state index is 0.253. The molecular formula is C14H20N2. The van der Waals surface area contributed by atoms with Gasteiger partial charge >= 0.3 is 0 Å². The molecule has 0 spiro atoms. The highest BCUT2D eigenvalue weighted by molar-refractivity contribution is 5.49. The van der Waals surface area contributed by atoms with E-state index in [1.54, 1.807) is 0 Å². The molecular weight excluding hydrogens is 196 g/mol. The Kier molecular flexibility index (Phi) is 3.95. The van der Waals surface area contributed by atoms with Crippen molar-refractivity contribution in [2.75, 3.05) is 11.9 Å². The minimum atomic E-state index is 0.253. The maximum absolute atomic E-state index is 8.80. The highest BCUT2D eigenvalue weighted by Crippen LogP contribution is 2.26. The number of hydrogen-bond acceptors (Lipinski definition) is 2. The highest BCUT2D eigenvalue weighted by Gasteiger charge is 2.21. The summed E-state index contributed by atoms with van der Waals surface area (Å²) in [5, 5.41) is 12.2. The van der Waals surface area contributed by atoms with Crippen LogP contribution in [0.3, 0.4) is 0 Å². The molecule has 0 fully saturated rings. The lowest BCUT2D eigenvalue weighted by atomic mass is 9.81. The van der Waals surface area contributed by atoms with Crippen LogP contribution in [-0.2, 0) is 0 Å². The maximum Gasteiger partial charge on any atom is 0.0992 e. The molecule has 1 N–H and O–H groups in total. The summed E-state index contributed by atoms with van der Waals surface area (Å²) in [5.74, 6) is 0.624. The Balaban J connectivity index is 2.65. The second-order valence-electron chi connectivity index (χ2n) is 5.19. The molecule has 0 bridgehead atoms. The second kappa shape index (κ2) is 5.03. The third-order valence-electron chi connectivity index (χ3n) is 3.30. The lowest BCUT2D eigenvalue weighted by molar-refractivity contribution is 0.269. The van der Waals surface area contributed by atoms with Crippen molar-refractivity contribution in [1.29, 1.82) is 5.26 Å². The molecule has 2 nitrogen and oxygen atoms in total. The molecule has 0 amide bonds. The van der Waals surface area contributed by atoms with Gasteiger partial charge in [-0.1, -0.05) is 33.8 Å². The van der Waals surface area contributed by atoms with Crippen LogP contribution in [0.25, 0.3) is 0 Å². The van der Waals surface area contributed by atoms with E-state index >= 15 is 0 Å². The molecule has 0 aliphatic heterocycles. The van der Waals surface area contributed by atoms with Crippen molar-refractivity contribution in [2.45, 2.75) is 27.7 Å². The van der Waals surface area contributed by atoms with Crippen LogP contribution in [-0.4, -0.2) is 6.54 Å². The van der Waals surface area contributed by atoms with E-state index in [4.69, 9.17) is 5.26 Å². The zero-order valence-corrected chi connectivity index (χ0v) is 10.5. The fourth-order valence-electron chi connectivity index (χ4n) is 1.23. The van der Waals surface area contributed by atoms with Crippen LogP contribution < -0.4 is 5.32 Å². The van der Waals surface area contributed by atoms with Gasteiger partial charge in [0.2, 0.25) is 0 Å². The van der Waals surface area contributed by atoms with Crippen LogP contribution in [0, 0.1) is 22.7 Å². The summed E-state index contributed by atoms with van der Waals surface area (Å²) in [7, 11) is 0. The summed E-state index contributed by atoms with van der Waals surface area (Å²) >= 11 is 0. The van der Waals surface area contributed by atoms with E-state index in [2.05, 4.69) is 39.1 Å². The van der Waals surface area contributed by atoms with Gasteiger partial charge in [-0.2, -0.15) is 5.26 Å². The van der Waals surface area contributed by atoms with Gasteiger partial charge in [0, 0.05) is 12.2 Å². The first-order valence-electron chi connectivity index (χ1n) is 5.70. The number of hydrogen-bond donors (Lipinski definition) is 1. The third kappa shape index (κ3) is 3.27. The Morgan fingerprint density at radius 1 is 1.38 bits per heavy atom. The van der Waals surface area contributed by atoms with Crippen molar-refractivity contribution in [2.24, 2.45) is 11.3 Å². The molecule has 0 saturated heterocycles. The first-order valence-corrected chi connectivity index (χ1v) is 5.70. The molecule has 2 heteroatoms. The fourth-order valence-corrected chi connectivity index (χ4v) is 1.23. The molecule has 0 atom stereocenters. The van der Waals surface area contributed by atoms with Gasteiger partial charge < -0.3 is 5.32 Å². The van der Waals surface area contributed by atoms with Crippen molar-refractivity contribution in [3.63, 3.8) is 0 Å². The van der Waals surface area contributed by atoms with Gasteiger partial charge in [0.15, 0.2) is 0 Å². The largest absolute Gasteiger partial charge is 0.384 e. The van der Waals surface area contributed by atoms with Crippen molar-refractivity contribution >= 4 is 5.69 Å². The van der Waals surface area contributed by atoms with Crippen LogP contribution in [0.5, 0.6) is 0 Å². The molecule has 1 aromatic carbocycles. The van der Waals surface area contributed by atoms with Crippen LogP contribution in [0.15, 0.2) is 24.3 Å². The molecule has 1 rings (SSSR count). The Hall–Kier alpha value is -1.49. The van der Waals surface area contributed by atoms with Gasteiger partial charge in [0.05, 0.1) is 11.6 Å². The van der Waals surface area contributed by atoms with Crippen LogP contribution in [0.4, 0.5) is 5.69 Å². The Morgan fingerprint density at radius 2 is 2.06 bits per heavy atom. The number of anilines is 1. The highest BCUT2D eigenvalue weighted by atomic mass is 14.9. The van der Waals surface area contributed by atoms with Gasteiger partial charge in [-0.25, -0.2) is 0 Å². The maximum atomic E-state index is 8.80. The molecule has 16 heavy (non-hydrogen) atoms. The van der Waals surface area contributed by atoms with E-state index in [0.717, 1.165) is 12.2 Å². The van der Waals surface area contributed by atoms with Crippen molar-refractivity contribution in [3.05, 3.63) is 29.8 Å². The lowest BCUT2D eigenvalue weighted by Gasteiger charge is -2.29. The van der Waals surface area contributed by atoms with E-state index in [9.17, 15) is 0 Å². The Bertz CT molecular complexity index is 386. The SMILES string of the molecule is CC(C)C(C)(C)CNc1cccc(C#N)c1. The number of nitrogens with one attached hydrogen (secondary N) is 1. The molecule has 0 aromatic heterocycles. The summed E-state index contributed by atoms with van der Waals surface area (Å²) in [6.45, 7) is 9.87. The molecule has 1 aromatic rings.